The topological polar surface area (TPSA) is 55.4 Å². The van der Waals surface area contributed by atoms with E-state index in [2.05, 4.69) is 5.32 Å². The first-order valence-electron chi connectivity index (χ1n) is 5.65. The number of anilines is 1. The molecule has 2 rings (SSSR count). The number of benzene rings is 1. The summed E-state index contributed by atoms with van der Waals surface area (Å²) in [4.78, 5) is 22.6. The van der Waals surface area contributed by atoms with E-state index >= 15 is 0 Å². The Balaban J connectivity index is 2.09. The normalized spacial score (nSPS) is 23.4. The maximum atomic E-state index is 12.0. The maximum Gasteiger partial charge on any atom is 0.256 e. The molecule has 1 aromatic carbocycles. The average Bonchev–Trinajstić information content (AvgIpc) is 2.78. The van der Waals surface area contributed by atoms with E-state index in [1.165, 1.54) is 0 Å². The molecule has 0 radical (unpaired) electrons. The van der Waals surface area contributed by atoms with E-state index in [9.17, 15) is 9.59 Å². The Kier molecular flexibility index (Phi) is 3.24. The summed E-state index contributed by atoms with van der Waals surface area (Å²) >= 11 is 0. The largest absolute Gasteiger partial charge is 0.365 e. The standard InChI is InChI=1S/C13H15NO3/c1-13(6-3-7-17-13)12(16)14-11-5-2-4-10(8-11)9-15/h2,4-5,8-9H,3,6-7H2,1H3,(H,14,16). The number of aldehydes is 1. The molecule has 0 bridgehead atoms. The van der Waals surface area contributed by atoms with Crippen LogP contribution in [0.5, 0.6) is 0 Å². The summed E-state index contributed by atoms with van der Waals surface area (Å²) in [7, 11) is 0. The van der Waals surface area contributed by atoms with Crippen LogP contribution in [0.2, 0.25) is 0 Å². The van der Waals surface area contributed by atoms with Gasteiger partial charge in [0.2, 0.25) is 0 Å². The highest BCUT2D eigenvalue weighted by Gasteiger charge is 2.37. The number of rotatable bonds is 3. The fraction of sp³-hybridized carbons (Fsp3) is 0.385. The summed E-state index contributed by atoms with van der Waals surface area (Å²) in [5.41, 5.74) is 0.425. The minimum atomic E-state index is -0.739. The average molecular weight is 233 g/mol. The van der Waals surface area contributed by atoms with Gasteiger partial charge in [0.25, 0.3) is 5.91 Å². The lowest BCUT2D eigenvalue weighted by Gasteiger charge is -2.21. The van der Waals surface area contributed by atoms with Gasteiger partial charge < -0.3 is 10.1 Å². The molecule has 1 aromatic rings. The Labute approximate surface area is 100.0 Å². The summed E-state index contributed by atoms with van der Waals surface area (Å²) < 4.78 is 5.45. The number of hydrogen-bond acceptors (Lipinski definition) is 3. The van der Waals surface area contributed by atoms with Crippen molar-refractivity contribution in [1.29, 1.82) is 0 Å². The first kappa shape index (κ1) is 11.8. The van der Waals surface area contributed by atoms with E-state index in [-0.39, 0.29) is 5.91 Å². The molecule has 0 saturated carbocycles. The quantitative estimate of drug-likeness (QED) is 0.812. The maximum absolute atomic E-state index is 12.0. The molecular formula is C13H15NO3. The van der Waals surface area contributed by atoms with E-state index in [1.807, 2.05) is 0 Å². The van der Waals surface area contributed by atoms with Crippen LogP contribution in [-0.2, 0) is 9.53 Å². The van der Waals surface area contributed by atoms with Crippen molar-refractivity contribution in [3.63, 3.8) is 0 Å². The van der Waals surface area contributed by atoms with Crippen LogP contribution in [0.3, 0.4) is 0 Å². The minimum Gasteiger partial charge on any atom is -0.365 e. The van der Waals surface area contributed by atoms with Gasteiger partial charge in [-0.3, -0.25) is 9.59 Å². The van der Waals surface area contributed by atoms with Gasteiger partial charge in [-0.15, -0.1) is 0 Å². The Morgan fingerprint density at radius 1 is 1.53 bits per heavy atom. The number of nitrogens with one attached hydrogen (secondary N) is 1. The van der Waals surface area contributed by atoms with Crippen molar-refractivity contribution in [2.45, 2.75) is 25.4 Å². The first-order chi connectivity index (χ1) is 8.14. The van der Waals surface area contributed by atoms with E-state index in [1.54, 1.807) is 31.2 Å². The molecule has 1 amide bonds. The fourth-order valence-corrected chi connectivity index (χ4v) is 1.91. The summed E-state index contributed by atoms with van der Waals surface area (Å²) in [5, 5.41) is 2.78. The molecular weight excluding hydrogens is 218 g/mol. The number of amides is 1. The van der Waals surface area contributed by atoms with Crippen molar-refractivity contribution in [1.82, 2.24) is 0 Å². The molecule has 0 aliphatic carbocycles. The van der Waals surface area contributed by atoms with E-state index in [0.717, 1.165) is 19.1 Å². The molecule has 17 heavy (non-hydrogen) atoms. The lowest BCUT2D eigenvalue weighted by Crippen LogP contribution is -2.39. The van der Waals surface area contributed by atoms with Gasteiger partial charge in [-0.05, 0) is 31.9 Å². The Bertz CT molecular complexity index is 436. The second kappa shape index (κ2) is 4.67. The molecule has 0 aromatic heterocycles. The first-order valence-corrected chi connectivity index (χ1v) is 5.65. The third-order valence-corrected chi connectivity index (χ3v) is 2.98. The molecule has 4 heteroatoms. The zero-order chi connectivity index (χ0) is 12.3. The summed E-state index contributed by atoms with van der Waals surface area (Å²) in [6, 6.07) is 6.82. The van der Waals surface area contributed by atoms with Gasteiger partial charge in [0.15, 0.2) is 0 Å². The van der Waals surface area contributed by atoms with Gasteiger partial charge >= 0.3 is 0 Å². The summed E-state index contributed by atoms with van der Waals surface area (Å²) in [6.07, 6.45) is 2.38. The van der Waals surface area contributed by atoms with Crippen LogP contribution in [-0.4, -0.2) is 24.4 Å². The molecule has 1 N–H and O–H groups in total. The highest BCUT2D eigenvalue weighted by molar-refractivity contribution is 5.97. The van der Waals surface area contributed by atoms with Crippen molar-refractivity contribution in [3.05, 3.63) is 29.8 Å². The van der Waals surface area contributed by atoms with Crippen LogP contribution in [0.25, 0.3) is 0 Å². The zero-order valence-electron chi connectivity index (χ0n) is 9.73. The van der Waals surface area contributed by atoms with Crippen molar-refractivity contribution in [3.8, 4) is 0 Å². The third-order valence-electron chi connectivity index (χ3n) is 2.98. The molecule has 1 unspecified atom stereocenters. The molecule has 1 aliphatic rings. The van der Waals surface area contributed by atoms with Gasteiger partial charge in [0, 0.05) is 17.9 Å². The van der Waals surface area contributed by atoms with E-state index in [0.29, 0.717) is 17.9 Å². The molecule has 1 saturated heterocycles. The third kappa shape index (κ3) is 2.53. The number of hydrogen-bond donors (Lipinski definition) is 1. The highest BCUT2D eigenvalue weighted by Crippen LogP contribution is 2.26. The Morgan fingerprint density at radius 2 is 2.35 bits per heavy atom. The van der Waals surface area contributed by atoms with Crippen molar-refractivity contribution in [2.75, 3.05) is 11.9 Å². The highest BCUT2D eigenvalue weighted by atomic mass is 16.5. The smallest absolute Gasteiger partial charge is 0.256 e. The second-order valence-corrected chi connectivity index (χ2v) is 4.38. The summed E-state index contributed by atoms with van der Waals surface area (Å²) in [5.74, 6) is -0.155. The van der Waals surface area contributed by atoms with Gasteiger partial charge in [-0.2, -0.15) is 0 Å². The molecule has 4 nitrogen and oxygen atoms in total. The molecule has 1 aliphatic heterocycles. The Morgan fingerprint density at radius 3 is 3.00 bits per heavy atom. The van der Waals surface area contributed by atoms with Crippen LogP contribution >= 0.6 is 0 Å². The molecule has 1 atom stereocenters. The predicted molar refractivity (Wildman–Crippen MR) is 64.1 cm³/mol. The molecule has 0 spiro atoms. The minimum absolute atomic E-state index is 0.155. The van der Waals surface area contributed by atoms with Crippen LogP contribution in [0, 0.1) is 0 Å². The predicted octanol–water partition coefficient (Wildman–Crippen LogP) is 2.01. The van der Waals surface area contributed by atoms with Crippen molar-refractivity contribution < 1.29 is 14.3 Å². The zero-order valence-corrected chi connectivity index (χ0v) is 9.73. The SMILES string of the molecule is CC1(C(=O)Nc2cccc(C=O)c2)CCCO1. The molecule has 90 valence electrons. The lowest BCUT2D eigenvalue weighted by molar-refractivity contribution is -0.133. The van der Waals surface area contributed by atoms with Gasteiger partial charge in [-0.1, -0.05) is 12.1 Å². The van der Waals surface area contributed by atoms with Crippen LogP contribution < -0.4 is 5.32 Å². The van der Waals surface area contributed by atoms with Crippen LogP contribution in [0.1, 0.15) is 30.1 Å². The van der Waals surface area contributed by atoms with E-state index in [4.69, 9.17) is 4.74 Å². The van der Waals surface area contributed by atoms with Crippen LogP contribution in [0.4, 0.5) is 5.69 Å². The number of carbonyl (C=O) groups excluding carboxylic acids is 2. The lowest BCUT2D eigenvalue weighted by atomic mass is 10.0. The van der Waals surface area contributed by atoms with Gasteiger partial charge in [-0.25, -0.2) is 0 Å². The monoisotopic (exact) mass is 233 g/mol. The van der Waals surface area contributed by atoms with Gasteiger partial charge in [0.1, 0.15) is 11.9 Å². The summed E-state index contributed by atoms with van der Waals surface area (Å²) in [6.45, 7) is 2.41. The van der Waals surface area contributed by atoms with Crippen LogP contribution in [0.15, 0.2) is 24.3 Å². The van der Waals surface area contributed by atoms with Crippen molar-refractivity contribution in [2.24, 2.45) is 0 Å². The number of carbonyl (C=O) groups is 2. The molecule has 1 fully saturated rings. The molecule has 1 heterocycles. The van der Waals surface area contributed by atoms with Gasteiger partial charge in [0.05, 0.1) is 0 Å². The van der Waals surface area contributed by atoms with E-state index < -0.39 is 5.60 Å². The second-order valence-electron chi connectivity index (χ2n) is 4.38. The Hall–Kier alpha value is -1.68. The number of ether oxygens (including phenoxy) is 1. The van der Waals surface area contributed by atoms with Crippen molar-refractivity contribution >= 4 is 17.9 Å². The fourth-order valence-electron chi connectivity index (χ4n) is 1.91.